The van der Waals surface area contributed by atoms with E-state index in [9.17, 15) is 0 Å². The van der Waals surface area contributed by atoms with Crippen molar-refractivity contribution in [2.75, 3.05) is 0 Å². The fraction of sp³-hybridized carbons (Fsp3) is 0. The maximum atomic E-state index is 8.88. The van der Waals surface area contributed by atoms with Gasteiger partial charge in [0.1, 0.15) is 0 Å². The summed E-state index contributed by atoms with van der Waals surface area (Å²) in [6, 6.07) is 0. The van der Waals surface area contributed by atoms with Crippen LogP contribution in [0.2, 0.25) is 0 Å². The summed E-state index contributed by atoms with van der Waals surface area (Å²) >= 11 is 0. The van der Waals surface area contributed by atoms with Crippen LogP contribution in [0.3, 0.4) is 0 Å². The minimum atomic E-state index is -4.64. The van der Waals surface area contributed by atoms with E-state index < -0.39 is 7.82 Å². The second-order valence-electron chi connectivity index (χ2n) is 0.513. The third-order valence-electron chi connectivity index (χ3n) is 0. The van der Waals surface area contributed by atoms with Crippen LogP contribution in [0.25, 0.3) is 0 Å². The van der Waals surface area contributed by atoms with Crippen molar-refractivity contribution in [2.24, 2.45) is 0 Å². The molecule has 3 N–H and O–H groups in total. The standard InChI is InChI=1S/3Na.H3O4P.3H/c;;;1-5(2,3)4;;;/h;;;(H3,1,2,3,4);;;/p+2. The van der Waals surface area contributed by atoms with Crippen molar-refractivity contribution >= 4 is 96.5 Å². The molecule has 0 saturated carbocycles. The van der Waals surface area contributed by atoms with Crippen LogP contribution in [0.4, 0.5) is 0 Å². The van der Waals surface area contributed by atoms with Gasteiger partial charge in [0.2, 0.25) is 0 Å². The predicted octanol–water partition coefficient (Wildman–Crippen LogP) is -2.65. The first-order valence-corrected chi connectivity index (χ1v) is 2.35. The Morgan fingerprint density at radius 1 is 1.00 bits per heavy atom. The van der Waals surface area contributed by atoms with Gasteiger partial charge >= 0.3 is 99.3 Å². The normalized spacial score (nSPS) is 7.38. The molecule has 0 aliphatic carbocycles. The molecule has 0 fully saturated rings. The van der Waals surface area contributed by atoms with E-state index in [1.165, 1.54) is 0 Å². The molecule has 8 heavy (non-hydrogen) atoms. The quantitative estimate of drug-likeness (QED) is 0.275. The van der Waals surface area contributed by atoms with Crippen LogP contribution in [0.5, 0.6) is 0 Å². The Bertz CT molecular complexity index is 64.6. The molecule has 0 bridgehead atoms. The van der Waals surface area contributed by atoms with Gasteiger partial charge in [-0.15, -0.1) is 0 Å². The first-order chi connectivity index (χ1) is 2.00. The molecule has 0 unspecified atom stereocenters. The molecule has 0 rings (SSSR count). The Morgan fingerprint density at radius 3 is 1.00 bits per heavy atom. The summed E-state index contributed by atoms with van der Waals surface area (Å²) in [5, 5.41) is 0. The van der Waals surface area contributed by atoms with E-state index in [2.05, 4.69) is 0 Å². The van der Waals surface area contributed by atoms with Gasteiger partial charge in [-0.05, 0) is 0 Å². The molecular weight excluding hydrogens is 164 g/mol. The number of rotatable bonds is 0. The molecule has 38 valence electrons. The topological polar surface area (TPSA) is 77.8 Å². The molecule has 8 heteroatoms. The molecule has 0 spiro atoms. The fourth-order valence-corrected chi connectivity index (χ4v) is 0. The zero-order valence-electron chi connectivity index (χ0n) is 4.20. The number of hydrogen-bond acceptors (Lipinski definition) is 1. The molecule has 0 aliphatic rings. The zero-order chi connectivity index (χ0) is 4.50. The van der Waals surface area contributed by atoms with E-state index >= 15 is 0 Å². The predicted molar refractivity (Wildman–Crippen MR) is 37.9 cm³/mol. The Balaban J connectivity index is -0.00000000800. The Kier molecular flexibility index (Phi) is 28.4. The molecule has 0 aromatic carbocycles. The van der Waals surface area contributed by atoms with E-state index in [1.807, 2.05) is 0 Å². The van der Waals surface area contributed by atoms with Crippen molar-refractivity contribution in [1.29, 1.82) is 0 Å². The van der Waals surface area contributed by atoms with Gasteiger partial charge in [0.05, 0.1) is 0 Å². The average molecular weight is 172 g/mol. The molecule has 0 aromatic rings. The first-order valence-electron chi connectivity index (χ1n) is 0.783. The fourth-order valence-electron chi connectivity index (χ4n) is 0. The molecule has 0 aliphatic heterocycles. The minimum absolute atomic E-state index is 0. The van der Waals surface area contributed by atoms with Crippen LogP contribution in [-0.4, -0.2) is 103 Å². The molecule has 0 atom stereocenters. The molecule has 0 heterocycles. The molecule has 4 nitrogen and oxygen atoms in total. The van der Waals surface area contributed by atoms with Crippen LogP contribution in [-0.2, 0) is 4.57 Å². The first kappa shape index (κ1) is 22.5. The monoisotopic (exact) mass is 172 g/mol. The van der Waals surface area contributed by atoms with Gasteiger partial charge in [-0.2, -0.15) is 0 Å². The second-order valence-corrected chi connectivity index (χ2v) is 1.54. The van der Waals surface area contributed by atoms with Crippen molar-refractivity contribution in [3.8, 4) is 0 Å². The summed E-state index contributed by atoms with van der Waals surface area (Å²) in [7, 11) is -4.64. The number of hydrogen-bond donors (Lipinski definition) is 3. The molecule has 0 aromatic heterocycles. The van der Waals surface area contributed by atoms with Gasteiger partial charge < -0.3 is 14.7 Å². The van der Waals surface area contributed by atoms with Gasteiger partial charge in [-0.1, -0.05) is 0 Å². The van der Waals surface area contributed by atoms with E-state index in [0.29, 0.717) is 0 Å². The van der Waals surface area contributed by atoms with Crippen molar-refractivity contribution in [2.45, 2.75) is 0 Å². The summed E-state index contributed by atoms with van der Waals surface area (Å²) in [4.78, 5) is 21.6. The van der Waals surface area contributed by atoms with Gasteiger partial charge in [0, 0.05) is 0 Å². The van der Waals surface area contributed by atoms with Crippen LogP contribution < -0.4 is 0 Å². The Morgan fingerprint density at radius 2 is 1.00 bits per heavy atom. The van der Waals surface area contributed by atoms with Gasteiger partial charge in [0.25, 0.3) is 0 Å². The van der Waals surface area contributed by atoms with E-state index in [-0.39, 0.29) is 91.5 Å². The van der Waals surface area contributed by atoms with Gasteiger partial charge in [-0.25, -0.2) is 4.57 Å². The summed E-state index contributed by atoms with van der Waals surface area (Å²) in [6.45, 7) is 0. The third-order valence-corrected chi connectivity index (χ3v) is 0. The van der Waals surface area contributed by atoms with Crippen molar-refractivity contribution < 1.29 is 22.1 Å². The summed E-state index contributed by atoms with van der Waals surface area (Å²) in [5.41, 5.74) is 0. The summed E-state index contributed by atoms with van der Waals surface area (Å²) in [5.74, 6) is 0. The molecule has 0 amide bonds. The van der Waals surface area contributed by atoms with Crippen molar-refractivity contribution in [3.05, 3.63) is 0 Å². The molecule has 0 radical (unpaired) electrons. The van der Waals surface area contributed by atoms with Crippen molar-refractivity contribution in [3.63, 3.8) is 0 Å². The SMILES string of the molecule is O=P(O)(O)O.[H+].[H+].[NaH].[NaH].[NaH]. The summed E-state index contributed by atoms with van der Waals surface area (Å²) in [6.07, 6.45) is 0. The average Bonchev–Trinajstić information content (AvgIpc) is 0.722. The van der Waals surface area contributed by atoms with Crippen LogP contribution in [0, 0.1) is 0 Å². The van der Waals surface area contributed by atoms with Crippen LogP contribution in [0.15, 0.2) is 0 Å². The molecule has 0 saturated heterocycles. The second kappa shape index (κ2) is 10.1. The van der Waals surface area contributed by atoms with Gasteiger partial charge in [0.15, 0.2) is 0 Å². The molecular formula is H8Na3O4P+2. The van der Waals surface area contributed by atoms with E-state index in [0.717, 1.165) is 0 Å². The van der Waals surface area contributed by atoms with Gasteiger partial charge in [-0.3, -0.25) is 0 Å². The zero-order valence-corrected chi connectivity index (χ0v) is 3.09. The Labute approximate surface area is 117 Å². The Hall–Kier alpha value is 3.11. The van der Waals surface area contributed by atoms with E-state index in [1.54, 1.807) is 0 Å². The maximum absolute atomic E-state index is 8.88. The van der Waals surface area contributed by atoms with E-state index in [4.69, 9.17) is 19.2 Å². The van der Waals surface area contributed by atoms with Crippen LogP contribution >= 0.6 is 7.82 Å². The third kappa shape index (κ3) is 61.9. The summed E-state index contributed by atoms with van der Waals surface area (Å²) < 4.78 is 8.88. The van der Waals surface area contributed by atoms with Crippen LogP contribution in [0.1, 0.15) is 2.85 Å². The number of phosphoric acid groups is 1. The van der Waals surface area contributed by atoms with Crippen molar-refractivity contribution in [1.82, 2.24) is 0 Å².